The molecule has 2 aromatic rings. The maximum Gasteiger partial charge on any atom is 0.560 e. The third-order valence-corrected chi connectivity index (χ3v) is 5.82. The second-order valence-corrected chi connectivity index (χ2v) is 7.87. The minimum atomic E-state index is -3.06. The minimum absolute atomic E-state index is 0.132. The second-order valence-electron chi connectivity index (χ2n) is 7.87. The van der Waals surface area contributed by atoms with Crippen molar-refractivity contribution in [2.45, 2.75) is 25.7 Å². The fourth-order valence-electron chi connectivity index (χ4n) is 4.12. The molecule has 2 amide bonds. The molecule has 4 unspecified atom stereocenters. The molecule has 4 N–H and O–H groups in total. The third-order valence-electron chi connectivity index (χ3n) is 5.82. The van der Waals surface area contributed by atoms with E-state index in [1.54, 1.807) is 24.3 Å². The Bertz CT molecular complexity index is 1140. The predicted octanol–water partition coefficient (Wildman–Crippen LogP) is 3.46. The zero-order valence-electron chi connectivity index (χ0n) is 19.1. The Hall–Kier alpha value is -3.42. The number of fused-ring (bicyclic) bond motifs is 2. The molecule has 35 heavy (non-hydrogen) atoms. The zero-order valence-corrected chi connectivity index (χ0v) is 19.1. The summed E-state index contributed by atoms with van der Waals surface area (Å²) in [5.74, 6) is -6.13. The van der Waals surface area contributed by atoms with Gasteiger partial charge in [0.2, 0.25) is 0 Å². The number of quaternary nitrogens is 2. The molecular weight excluding hydrogens is 460 g/mol. The highest BCUT2D eigenvalue weighted by Gasteiger charge is 2.72. The van der Waals surface area contributed by atoms with Crippen LogP contribution in [0, 0.1) is 0 Å². The summed E-state index contributed by atoms with van der Waals surface area (Å²) < 4.78 is 11.6. The van der Waals surface area contributed by atoms with Crippen molar-refractivity contribution in [2.24, 2.45) is 0 Å². The molecule has 2 aliphatic heterocycles. The molecular formula is C24H26N2O9+2. The maximum absolute atomic E-state index is 13.0. The first-order chi connectivity index (χ1) is 16.6. The monoisotopic (exact) mass is 486 g/mol. The summed E-state index contributed by atoms with van der Waals surface area (Å²) in [6.07, 6.45) is 1.86. The Morgan fingerprint density at radius 1 is 0.743 bits per heavy atom. The van der Waals surface area contributed by atoms with Gasteiger partial charge in [-0.05, 0) is 38.1 Å². The Balaban J connectivity index is 1.90. The van der Waals surface area contributed by atoms with E-state index in [9.17, 15) is 30.2 Å². The topological polar surface area (TPSA) is 143 Å². The van der Waals surface area contributed by atoms with Gasteiger partial charge in [0.1, 0.15) is 0 Å². The van der Waals surface area contributed by atoms with Crippen molar-refractivity contribution in [3.05, 3.63) is 71.8 Å². The zero-order chi connectivity index (χ0) is 25.5. The number of carbonyl (C=O) groups excluding carboxylic acids is 2. The summed E-state index contributed by atoms with van der Waals surface area (Å²) in [5.41, 5.74) is 0.435. The van der Waals surface area contributed by atoms with Crippen LogP contribution in [0.2, 0.25) is 0 Å². The number of carbonyl (C=O) groups is 2. The van der Waals surface area contributed by atoms with Crippen molar-refractivity contribution in [2.75, 3.05) is 13.2 Å². The maximum atomic E-state index is 13.0. The standard InChI is InChI=1S/C24H26N2O9/c1-3-33-21(27)25(31)19-11-7-5-9-17(19)13-15-23(25,29)35-24(30)16-14-18-10-6-8-12-20(18)26(24,32)22(28)34-4-2/h5-16,29-32H,3-4H2,1-2H3/q+2. The molecule has 2 heterocycles. The van der Waals surface area contributed by atoms with Gasteiger partial charge in [0, 0.05) is 44.7 Å². The fraction of sp³-hybridized carbons (Fsp3) is 0.250. The van der Waals surface area contributed by atoms with Crippen molar-refractivity contribution < 1.29 is 44.4 Å². The molecule has 0 radical (unpaired) electrons. The predicted molar refractivity (Wildman–Crippen MR) is 123 cm³/mol. The van der Waals surface area contributed by atoms with Gasteiger partial charge in [0.15, 0.2) is 11.4 Å². The molecule has 4 rings (SSSR count). The molecule has 0 spiro atoms. The van der Waals surface area contributed by atoms with Crippen LogP contribution >= 0.6 is 0 Å². The lowest BCUT2D eigenvalue weighted by atomic mass is 10.0. The van der Waals surface area contributed by atoms with Gasteiger partial charge in [0.25, 0.3) is 0 Å². The highest BCUT2D eigenvalue weighted by Crippen LogP contribution is 2.46. The molecule has 0 fully saturated rings. The van der Waals surface area contributed by atoms with Crippen LogP contribution in [0.15, 0.2) is 60.7 Å². The molecule has 0 saturated heterocycles. The first kappa shape index (κ1) is 24.7. The van der Waals surface area contributed by atoms with Gasteiger partial charge in [-0.3, -0.25) is 0 Å². The van der Waals surface area contributed by atoms with Crippen LogP contribution in [0.1, 0.15) is 25.0 Å². The SMILES string of the molecule is CCOC(=O)[N+]1(O)c2ccccc2C=CC1(O)OC1(O)C=Cc2ccccc2[N+]1(O)C(=O)OCC. The average molecular weight is 486 g/mol. The lowest BCUT2D eigenvalue weighted by Crippen LogP contribution is -2.76. The van der Waals surface area contributed by atoms with E-state index in [1.165, 1.54) is 50.3 Å². The van der Waals surface area contributed by atoms with Gasteiger partial charge in [-0.15, -0.1) is 0 Å². The van der Waals surface area contributed by atoms with Crippen LogP contribution in [-0.2, 0) is 14.2 Å². The molecule has 2 aromatic carbocycles. The summed E-state index contributed by atoms with van der Waals surface area (Å²) in [6.45, 7) is 2.70. The van der Waals surface area contributed by atoms with Crippen LogP contribution in [-0.4, -0.2) is 57.8 Å². The Morgan fingerprint density at radius 2 is 1.11 bits per heavy atom. The number of hydrogen-bond acceptors (Lipinski definition) is 9. The molecule has 0 aliphatic carbocycles. The van der Waals surface area contributed by atoms with Crippen LogP contribution in [0.5, 0.6) is 0 Å². The lowest BCUT2D eigenvalue weighted by molar-refractivity contribution is -0.430. The van der Waals surface area contributed by atoms with Gasteiger partial charge in [-0.2, -0.15) is 20.0 Å². The summed E-state index contributed by atoms with van der Waals surface area (Å²) in [4.78, 5) is 26.0. The van der Waals surface area contributed by atoms with E-state index < -0.39 is 33.3 Å². The Labute approximate surface area is 200 Å². The van der Waals surface area contributed by atoms with E-state index in [4.69, 9.17) is 14.2 Å². The molecule has 2 aliphatic rings. The molecule has 184 valence electrons. The van der Waals surface area contributed by atoms with Gasteiger partial charge in [-0.1, -0.05) is 24.3 Å². The first-order valence-corrected chi connectivity index (χ1v) is 10.9. The number of nitrogens with zero attached hydrogens (tertiary/aromatic N) is 2. The number of hydrogen-bond donors (Lipinski definition) is 4. The number of amides is 2. The highest BCUT2D eigenvalue weighted by molar-refractivity contribution is 5.88. The molecule has 0 bridgehead atoms. The highest BCUT2D eigenvalue weighted by atomic mass is 16.8. The summed E-state index contributed by atoms with van der Waals surface area (Å²) in [6, 6.07) is 12.2. The summed E-state index contributed by atoms with van der Waals surface area (Å²) in [7, 11) is 0. The second kappa shape index (κ2) is 8.66. The molecule has 0 aromatic heterocycles. The fourth-order valence-corrected chi connectivity index (χ4v) is 4.12. The smallest absolute Gasteiger partial charge is 0.418 e. The van der Waals surface area contributed by atoms with Crippen LogP contribution < -0.4 is 9.29 Å². The van der Waals surface area contributed by atoms with Gasteiger partial charge in [0.05, 0.1) is 13.2 Å². The minimum Gasteiger partial charge on any atom is -0.418 e. The largest absolute Gasteiger partial charge is 0.560 e. The van der Waals surface area contributed by atoms with Crippen LogP contribution in [0.25, 0.3) is 12.2 Å². The van der Waals surface area contributed by atoms with E-state index in [0.717, 1.165) is 12.2 Å². The molecule has 11 heteroatoms. The normalized spacial score (nSPS) is 30.8. The lowest BCUT2D eigenvalue weighted by Gasteiger charge is -2.45. The number of ether oxygens (including phenoxy) is 3. The van der Waals surface area contributed by atoms with Crippen molar-refractivity contribution in [3.8, 4) is 0 Å². The summed E-state index contributed by atoms with van der Waals surface area (Å²) >= 11 is 0. The van der Waals surface area contributed by atoms with Crippen LogP contribution in [0.3, 0.4) is 0 Å². The van der Waals surface area contributed by atoms with Crippen LogP contribution in [0.4, 0.5) is 21.0 Å². The summed E-state index contributed by atoms with van der Waals surface area (Å²) in [5, 5.41) is 46.4. The Morgan fingerprint density at radius 3 is 1.49 bits per heavy atom. The number of benzene rings is 2. The van der Waals surface area contributed by atoms with Gasteiger partial charge in [-0.25, -0.2) is 4.74 Å². The van der Waals surface area contributed by atoms with E-state index in [0.29, 0.717) is 11.1 Å². The van der Waals surface area contributed by atoms with Crippen molar-refractivity contribution in [1.29, 1.82) is 0 Å². The molecule has 4 atom stereocenters. The average Bonchev–Trinajstić information content (AvgIpc) is 2.84. The Kier molecular flexibility index (Phi) is 6.11. The van der Waals surface area contributed by atoms with E-state index >= 15 is 0 Å². The third kappa shape index (κ3) is 3.49. The van der Waals surface area contributed by atoms with E-state index in [2.05, 4.69) is 0 Å². The number of hydroxylamine groups is 4. The molecule has 11 nitrogen and oxygen atoms in total. The first-order valence-electron chi connectivity index (χ1n) is 10.9. The number of para-hydroxylation sites is 2. The van der Waals surface area contributed by atoms with Crippen molar-refractivity contribution in [1.82, 2.24) is 9.29 Å². The van der Waals surface area contributed by atoms with Crippen molar-refractivity contribution >= 4 is 35.7 Å². The molecule has 0 saturated carbocycles. The quantitative estimate of drug-likeness (QED) is 0.290. The number of aliphatic hydroxyl groups is 2. The van der Waals surface area contributed by atoms with E-state index in [1.807, 2.05) is 0 Å². The number of rotatable bonds is 4. The van der Waals surface area contributed by atoms with Crippen molar-refractivity contribution in [3.63, 3.8) is 0 Å². The van der Waals surface area contributed by atoms with Gasteiger partial charge < -0.3 is 19.7 Å². The van der Waals surface area contributed by atoms with Gasteiger partial charge >= 0.3 is 24.0 Å². The van der Waals surface area contributed by atoms with E-state index in [-0.39, 0.29) is 24.6 Å².